The highest BCUT2D eigenvalue weighted by atomic mass is 32.3. The third-order valence-corrected chi connectivity index (χ3v) is 9.67. The van der Waals surface area contributed by atoms with Crippen molar-refractivity contribution in [3.63, 3.8) is 0 Å². The lowest BCUT2D eigenvalue weighted by atomic mass is 10.2. The number of hydrogen-bond donors (Lipinski definition) is 0. The van der Waals surface area contributed by atoms with Crippen LogP contribution in [0.5, 0.6) is 0 Å². The molecule has 4 rings (SSSR count). The summed E-state index contributed by atoms with van der Waals surface area (Å²) in [6.45, 7) is -0.237. The first kappa shape index (κ1) is 24.9. The number of benzene rings is 2. The second-order valence-corrected chi connectivity index (χ2v) is 12.2. The van der Waals surface area contributed by atoms with E-state index in [-0.39, 0.29) is 12.3 Å². The molecule has 0 aliphatic heterocycles. The van der Waals surface area contributed by atoms with E-state index in [0.717, 1.165) is 21.5 Å². The van der Waals surface area contributed by atoms with Crippen LogP contribution in [0.15, 0.2) is 107 Å². The Bertz CT molecular complexity index is 1470. The molecule has 2 aromatic carbocycles. The molecule has 10 heteroatoms. The Balaban J connectivity index is 1.59. The Kier molecular flexibility index (Phi) is 7.86. The number of nitrogens with zero attached hydrogens (tertiary/aromatic N) is 3. The van der Waals surface area contributed by atoms with Crippen molar-refractivity contribution < 1.29 is 16.8 Å². The van der Waals surface area contributed by atoms with Crippen LogP contribution in [-0.2, 0) is 20.0 Å². The van der Waals surface area contributed by atoms with Crippen molar-refractivity contribution in [1.29, 1.82) is 0 Å². The lowest BCUT2D eigenvalue weighted by Crippen LogP contribution is -2.36. The van der Waals surface area contributed by atoms with Gasteiger partial charge < -0.3 is 0 Å². The Labute approximate surface area is 209 Å². The lowest BCUT2D eigenvalue weighted by molar-refractivity contribution is 0.520. The first-order valence-electron chi connectivity index (χ1n) is 10.6. The van der Waals surface area contributed by atoms with Crippen LogP contribution in [0.4, 0.5) is 0 Å². The van der Waals surface area contributed by atoms with E-state index in [9.17, 15) is 16.8 Å². The summed E-state index contributed by atoms with van der Waals surface area (Å²) in [5.41, 5.74) is 2.05. The molecule has 0 saturated carbocycles. The van der Waals surface area contributed by atoms with E-state index in [4.69, 9.17) is 0 Å². The van der Waals surface area contributed by atoms with Crippen LogP contribution in [0.2, 0.25) is 0 Å². The van der Waals surface area contributed by atoms with E-state index in [1.165, 1.54) is 23.9 Å². The normalized spacial score (nSPS) is 12.8. The zero-order valence-corrected chi connectivity index (χ0v) is 21.0. The van der Waals surface area contributed by atoms with Crippen molar-refractivity contribution in [3.05, 3.63) is 113 Å². The van der Waals surface area contributed by atoms with Gasteiger partial charge in [0.2, 0.25) is 20.0 Å². The van der Waals surface area contributed by atoms with Crippen molar-refractivity contribution in [3.8, 4) is 0 Å². The van der Waals surface area contributed by atoms with Crippen LogP contribution in [0.1, 0.15) is 11.1 Å². The monoisotopic (exact) mass is 525 g/mol. The Hall–Kier alpha value is -3.18. The Morgan fingerprint density at radius 3 is 1.91 bits per heavy atom. The van der Waals surface area contributed by atoms with Crippen molar-refractivity contribution in [1.82, 2.24) is 13.1 Å². The molecule has 7 nitrogen and oxygen atoms in total. The van der Waals surface area contributed by atoms with Crippen molar-refractivity contribution in [2.45, 2.75) is 5.03 Å². The van der Waals surface area contributed by atoms with E-state index in [0.29, 0.717) is 14.8 Å². The van der Waals surface area contributed by atoms with Gasteiger partial charge in [-0.1, -0.05) is 70.4 Å². The highest BCUT2D eigenvalue weighted by Crippen LogP contribution is 2.22. The van der Waals surface area contributed by atoms with Crippen molar-refractivity contribution >= 4 is 49.6 Å². The second kappa shape index (κ2) is 11.0. The maximum Gasteiger partial charge on any atom is 0.249 e. The third-order valence-electron chi connectivity index (χ3n) is 4.95. The topological polar surface area (TPSA) is 88.8 Å². The van der Waals surface area contributed by atoms with E-state index in [1.807, 2.05) is 34.7 Å². The van der Waals surface area contributed by atoms with E-state index < -0.39 is 20.0 Å². The van der Waals surface area contributed by atoms with Gasteiger partial charge in [0.05, 0.1) is 5.03 Å². The highest BCUT2D eigenvalue weighted by molar-refractivity contribution is 8.07. The molecule has 35 heavy (non-hydrogen) atoms. The summed E-state index contributed by atoms with van der Waals surface area (Å²) in [5.74, 6) is 0.216. The average molecular weight is 526 g/mol. The van der Waals surface area contributed by atoms with Gasteiger partial charge in [-0.15, -0.1) is 11.8 Å². The molecule has 0 atom stereocenters. The number of pyridine rings is 1. The van der Waals surface area contributed by atoms with Gasteiger partial charge >= 0.3 is 0 Å². The first-order chi connectivity index (χ1) is 16.9. The summed E-state index contributed by atoms with van der Waals surface area (Å²) in [6, 6.07) is 23.3. The molecule has 0 spiro atoms. The largest absolute Gasteiger partial charge is 0.294 e. The lowest BCUT2D eigenvalue weighted by Gasteiger charge is -2.18. The van der Waals surface area contributed by atoms with Gasteiger partial charge in [0, 0.05) is 35.5 Å². The first-order valence-corrected chi connectivity index (χ1v) is 14.6. The molecular formula is C25H23N3O4S3. The zero-order chi connectivity index (χ0) is 24.7. The van der Waals surface area contributed by atoms with Gasteiger partial charge in [-0.05, 0) is 35.4 Å². The van der Waals surface area contributed by atoms with Crippen LogP contribution < -0.4 is 0 Å². The molecule has 4 aromatic rings. The van der Waals surface area contributed by atoms with Gasteiger partial charge in [-0.2, -0.15) is 0 Å². The fourth-order valence-electron chi connectivity index (χ4n) is 3.26. The predicted molar refractivity (Wildman–Crippen MR) is 141 cm³/mol. The van der Waals surface area contributed by atoms with Crippen LogP contribution in [-0.4, -0.2) is 42.2 Å². The fourth-order valence-corrected chi connectivity index (χ4v) is 7.52. The minimum atomic E-state index is -4.29. The van der Waals surface area contributed by atoms with Gasteiger partial charge in [0.15, 0.2) is 0 Å². The van der Waals surface area contributed by atoms with Gasteiger partial charge in [0.25, 0.3) is 0 Å². The molecule has 0 N–H and O–H groups in total. The molecule has 2 aromatic heterocycles. The van der Waals surface area contributed by atoms with E-state index >= 15 is 0 Å². The van der Waals surface area contributed by atoms with Crippen LogP contribution in [0.3, 0.4) is 0 Å². The van der Waals surface area contributed by atoms with Crippen molar-refractivity contribution in [2.24, 2.45) is 0 Å². The van der Waals surface area contributed by atoms with E-state index in [1.54, 1.807) is 60.9 Å². The minimum Gasteiger partial charge on any atom is -0.294 e. The Morgan fingerprint density at radius 1 is 0.771 bits per heavy atom. The Morgan fingerprint density at radius 2 is 1.34 bits per heavy atom. The molecule has 0 radical (unpaired) electrons. The maximum absolute atomic E-state index is 13.2. The summed E-state index contributed by atoms with van der Waals surface area (Å²) < 4.78 is 55.1. The summed E-state index contributed by atoms with van der Waals surface area (Å²) in [7, 11) is -8.58. The molecule has 0 aliphatic carbocycles. The molecule has 0 aliphatic rings. The third kappa shape index (κ3) is 6.49. The van der Waals surface area contributed by atoms with Crippen LogP contribution in [0.25, 0.3) is 17.8 Å². The highest BCUT2D eigenvalue weighted by Gasteiger charge is 2.30. The quantitative estimate of drug-likeness (QED) is 0.278. The number of sulfonamides is 2. The fraction of sp³-hybridized carbons (Fsp3) is 0.0800. The minimum absolute atomic E-state index is 0.216. The number of thioether (sulfide) groups is 1. The van der Waals surface area contributed by atoms with Gasteiger partial charge in [-0.3, -0.25) is 4.40 Å². The molecule has 180 valence electrons. The number of aromatic nitrogens is 2. The smallest absolute Gasteiger partial charge is 0.249 e. The molecule has 0 saturated heterocycles. The summed E-state index contributed by atoms with van der Waals surface area (Å²) >= 11 is 1.35. The number of hydrogen-bond acceptors (Lipinski definition) is 6. The molecule has 0 bridgehead atoms. The number of imidazole rings is 1. The van der Waals surface area contributed by atoms with Gasteiger partial charge in [-0.25, -0.2) is 21.8 Å². The molecule has 0 fully saturated rings. The van der Waals surface area contributed by atoms with Gasteiger partial charge in [0.1, 0.15) is 5.65 Å². The standard InChI is InChI=1S/C25H23N3O4S3/c29-34(30,20-14-22-8-3-1-4-9-22)28(35(31,32)21-15-23-10-5-2-6-11-23)18-19-33-25-13-7-12-24-26-16-17-27(24)25/h1-17,20-21H,18-19H2. The molecule has 0 amide bonds. The number of rotatable bonds is 10. The summed E-state index contributed by atoms with van der Waals surface area (Å²) in [4.78, 5) is 4.24. The van der Waals surface area contributed by atoms with Crippen LogP contribution >= 0.6 is 11.8 Å². The maximum atomic E-state index is 13.2. The van der Waals surface area contributed by atoms with Crippen molar-refractivity contribution in [2.75, 3.05) is 12.3 Å². The summed E-state index contributed by atoms with van der Waals surface area (Å²) in [6.07, 6.45) is 6.24. The zero-order valence-electron chi connectivity index (χ0n) is 18.6. The number of fused-ring (bicyclic) bond motifs is 1. The van der Waals surface area contributed by atoms with Crippen LogP contribution in [0, 0.1) is 0 Å². The molecule has 2 heterocycles. The molecule has 0 unspecified atom stereocenters. The predicted octanol–water partition coefficient (Wildman–Crippen LogP) is 4.73. The SMILES string of the molecule is O=S(=O)(C=Cc1ccccc1)N(CCSc1cccc2nccn12)S(=O)(=O)C=Cc1ccccc1. The summed E-state index contributed by atoms with van der Waals surface area (Å²) in [5, 5.41) is 2.68. The molecular weight excluding hydrogens is 502 g/mol. The van der Waals surface area contributed by atoms with E-state index in [2.05, 4.69) is 4.98 Å². The average Bonchev–Trinajstić information content (AvgIpc) is 3.35. The second-order valence-electron chi connectivity index (χ2n) is 7.38.